The Balaban J connectivity index is 1.70. The second kappa shape index (κ2) is 8.69. The van der Waals surface area contributed by atoms with Crippen molar-refractivity contribution in [2.75, 3.05) is 31.5 Å². The fourth-order valence-electron chi connectivity index (χ4n) is 3.10. The molecule has 2 aromatic rings. The van der Waals surface area contributed by atoms with Crippen LogP contribution in [-0.2, 0) is 10.0 Å². The first-order valence-electron chi connectivity index (χ1n) is 8.85. The average Bonchev–Trinajstić information content (AvgIpc) is 2.90. The largest absolute Gasteiger partial charge is 0.323 e. The van der Waals surface area contributed by atoms with E-state index in [0.717, 1.165) is 0 Å². The Morgan fingerprint density at radius 1 is 1.00 bits per heavy atom. The molecule has 1 N–H and O–H groups in total. The number of carbonyl (C=O) groups is 1. The van der Waals surface area contributed by atoms with Crippen LogP contribution in [0.2, 0.25) is 10.0 Å². The number of amides is 2. The molecular weight excluding hydrogens is 421 g/mol. The molecule has 0 atom stereocenters. The highest BCUT2D eigenvalue weighted by molar-refractivity contribution is 7.89. The molecule has 0 unspecified atom stereocenters. The molecule has 0 radical (unpaired) electrons. The number of benzene rings is 2. The van der Waals surface area contributed by atoms with Gasteiger partial charge in [0.25, 0.3) is 0 Å². The summed E-state index contributed by atoms with van der Waals surface area (Å²) in [6.07, 6.45) is 0.543. The monoisotopic (exact) mass is 441 g/mol. The van der Waals surface area contributed by atoms with Gasteiger partial charge < -0.3 is 10.2 Å². The first-order chi connectivity index (χ1) is 13.3. The molecule has 0 saturated carbocycles. The molecule has 0 spiro atoms. The number of nitrogens with zero attached hydrogens (tertiary/aromatic N) is 2. The minimum atomic E-state index is -3.68. The smallest absolute Gasteiger partial charge is 0.321 e. The number of carbonyl (C=O) groups excluding carboxylic acids is 1. The average molecular weight is 442 g/mol. The third-order valence-corrected chi connectivity index (χ3v) is 7.10. The van der Waals surface area contributed by atoms with Crippen LogP contribution < -0.4 is 5.32 Å². The lowest BCUT2D eigenvalue weighted by atomic mass is 10.2. The Morgan fingerprint density at radius 2 is 1.75 bits per heavy atom. The van der Waals surface area contributed by atoms with E-state index in [-0.39, 0.29) is 17.5 Å². The molecule has 1 fully saturated rings. The molecule has 3 rings (SSSR count). The van der Waals surface area contributed by atoms with Crippen molar-refractivity contribution in [2.45, 2.75) is 18.2 Å². The normalized spacial score (nSPS) is 15.9. The Bertz CT molecular complexity index is 982. The van der Waals surface area contributed by atoms with Crippen molar-refractivity contribution in [3.63, 3.8) is 0 Å². The van der Waals surface area contributed by atoms with E-state index in [4.69, 9.17) is 23.2 Å². The van der Waals surface area contributed by atoms with E-state index in [1.807, 2.05) is 0 Å². The number of hydrogen-bond acceptors (Lipinski definition) is 3. The second-order valence-electron chi connectivity index (χ2n) is 6.60. The van der Waals surface area contributed by atoms with E-state index in [1.165, 1.54) is 10.4 Å². The third kappa shape index (κ3) is 4.78. The fraction of sp³-hybridized carbons (Fsp3) is 0.316. The van der Waals surface area contributed by atoms with Gasteiger partial charge in [-0.2, -0.15) is 4.31 Å². The summed E-state index contributed by atoms with van der Waals surface area (Å²) >= 11 is 11.9. The quantitative estimate of drug-likeness (QED) is 0.774. The molecule has 28 heavy (non-hydrogen) atoms. The van der Waals surface area contributed by atoms with Crippen molar-refractivity contribution < 1.29 is 13.2 Å². The Kier molecular flexibility index (Phi) is 6.50. The zero-order chi connectivity index (χ0) is 20.3. The summed E-state index contributed by atoms with van der Waals surface area (Å²) in [4.78, 5) is 14.4. The lowest BCUT2D eigenvalue weighted by Crippen LogP contribution is -2.39. The molecule has 0 aliphatic carbocycles. The second-order valence-corrected chi connectivity index (χ2v) is 9.37. The van der Waals surface area contributed by atoms with Crippen LogP contribution >= 0.6 is 23.2 Å². The summed E-state index contributed by atoms with van der Waals surface area (Å²) in [5.74, 6) is 0. The Labute approximate surface area is 175 Å². The number of halogens is 2. The van der Waals surface area contributed by atoms with Gasteiger partial charge in [-0.1, -0.05) is 35.3 Å². The van der Waals surface area contributed by atoms with Gasteiger partial charge in [0.1, 0.15) is 0 Å². The summed E-state index contributed by atoms with van der Waals surface area (Å²) in [6, 6.07) is 11.4. The molecule has 2 aromatic carbocycles. The minimum Gasteiger partial charge on any atom is -0.323 e. The maximum absolute atomic E-state index is 13.1. The van der Waals surface area contributed by atoms with E-state index in [9.17, 15) is 13.2 Å². The minimum absolute atomic E-state index is 0.205. The van der Waals surface area contributed by atoms with E-state index >= 15 is 0 Å². The number of hydrogen-bond donors (Lipinski definition) is 1. The van der Waals surface area contributed by atoms with Gasteiger partial charge in [0, 0.05) is 41.9 Å². The van der Waals surface area contributed by atoms with Gasteiger partial charge in [-0.3, -0.25) is 0 Å². The highest BCUT2D eigenvalue weighted by Crippen LogP contribution is 2.24. The first kappa shape index (κ1) is 20.9. The van der Waals surface area contributed by atoms with Crippen molar-refractivity contribution in [1.82, 2.24) is 9.21 Å². The number of aryl methyl sites for hydroxylation is 1. The number of urea groups is 1. The van der Waals surface area contributed by atoms with Gasteiger partial charge in [0.05, 0.1) is 4.90 Å². The van der Waals surface area contributed by atoms with Gasteiger partial charge in [-0.15, -0.1) is 0 Å². The lowest BCUT2D eigenvalue weighted by Gasteiger charge is -2.23. The molecule has 0 bridgehead atoms. The van der Waals surface area contributed by atoms with Crippen LogP contribution in [0.1, 0.15) is 12.0 Å². The van der Waals surface area contributed by atoms with Crippen LogP contribution in [0.5, 0.6) is 0 Å². The summed E-state index contributed by atoms with van der Waals surface area (Å²) in [6.45, 7) is 3.07. The van der Waals surface area contributed by atoms with E-state index in [1.54, 1.807) is 48.2 Å². The van der Waals surface area contributed by atoms with Gasteiger partial charge in [0.15, 0.2) is 0 Å². The number of nitrogens with one attached hydrogen (secondary N) is 1. The SMILES string of the molecule is Cc1ccc(Cl)cc1S(=O)(=O)N1CCCN(C(=O)Nc2cccc(Cl)c2)CC1. The molecule has 9 heteroatoms. The molecule has 1 saturated heterocycles. The van der Waals surface area contributed by atoms with Gasteiger partial charge in [-0.05, 0) is 49.2 Å². The van der Waals surface area contributed by atoms with Crippen LogP contribution in [0.25, 0.3) is 0 Å². The van der Waals surface area contributed by atoms with Crippen LogP contribution in [0, 0.1) is 6.92 Å². The Hall–Kier alpha value is -1.80. The maximum atomic E-state index is 13.1. The van der Waals surface area contributed by atoms with Gasteiger partial charge in [-0.25, -0.2) is 13.2 Å². The van der Waals surface area contributed by atoms with Crippen molar-refractivity contribution in [1.29, 1.82) is 0 Å². The lowest BCUT2D eigenvalue weighted by molar-refractivity contribution is 0.214. The van der Waals surface area contributed by atoms with E-state index in [0.29, 0.717) is 47.4 Å². The molecule has 1 aliphatic heterocycles. The topological polar surface area (TPSA) is 69.7 Å². The number of sulfonamides is 1. The predicted molar refractivity (Wildman–Crippen MR) is 112 cm³/mol. The highest BCUT2D eigenvalue weighted by atomic mass is 35.5. The molecule has 150 valence electrons. The summed E-state index contributed by atoms with van der Waals surface area (Å²) in [5.41, 5.74) is 1.24. The molecule has 0 aromatic heterocycles. The summed E-state index contributed by atoms with van der Waals surface area (Å²) in [7, 11) is -3.68. The van der Waals surface area contributed by atoms with Crippen LogP contribution in [0.15, 0.2) is 47.4 Å². The van der Waals surface area contributed by atoms with Crippen molar-refractivity contribution >= 4 is 44.9 Å². The molecule has 2 amide bonds. The van der Waals surface area contributed by atoms with Crippen LogP contribution in [0.3, 0.4) is 0 Å². The number of rotatable bonds is 3. The third-order valence-electron chi connectivity index (χ3n) is 4.59. The van der Waals surface area contributed by atoms with Crippen molar-refractivity contribution in [3.8, 4) is 0 Å². The van der Waals surface area contributed by atoms with E-state index in [2.05, 4.69) is 5.32 Å². The van der Waals surface area contributed by atoms with Gasteiger partial charge in [0.2, 0.25) is 10.0 Å². The molecule has 1 aliphatic rings. The number of anilines is 1. The highest BCUT2D eigenvalue weighted by Gasteiger charge is 2.29. The standard InChI is InChI=1S/C19H21Cl2N3O3S/c1-14-6-7-16(21)13-18(14)28(26,27)24-9-3-8-23(10-11-24)19(25)22-17-5-2-4-15(20)12-17/h2,4-7,12-13H,3,8-11H2,1H3,(H,22,25). The van der Waals surface area contributed by atoms with E-state index < -0.39 is 10.0 Å². The van der Waals surface area contributed by atoms with Crippen LogP contribution in [-0.4, -0.2) is 49.8 Å². The summed E-state index contributed by atoms with van der Waals surface area (Å²) in [5, 5.41) is 3.71. The zero-order valence-electron chi connectivity index (χ0n) is 15.4. The summed E-state index contributed by atoms with van der Waals surface area (Å²) < 4.78 is 27.5. The van der Waals surface area contributed by atoms with Gasteiger partial charge >= 0.3 is 6.03 Å². The molecule has 1 heterocycles. The zero-order valence-corrected chi connectivity index (χ0v) is 17.7. The Morgan fingerprint density at radius 3 is 2.50 bits per heavy atom. The van der Waals surface area contributed by atoms with Crippen molar-refractivity contribution in [3.05, 3.63) is 58.1 Å². The molecular formula is C19H21Cl2N3O3S. The first-order valence-corrected chi connectivity index (χ1v) is 11.0. The maximum Gasteiger partial charge on any atom is 0.321 e. The van der Waals surface area contributed by atoms with Crippen LogP contribution in [0.4, 0.5) is 10.5 Å². The van der Waals surface area contributed by atoms with Crippen molar-refractivity contribution in [2.24, 2.45) is 0 Å². The predicted octanol–water partition coefficient (Wildman–Crippen LogP) is 4.23. The fourth-order valence-corrected chi connectivity index (χ4v) is 5.24. The molecule has 6 nitrogen and oxygen atoms in total.